The largest absolute Gasteiger partial charge is 0.460 e. The van der Waals surface area contributed by atoms with E-state index in [1.807, 2.05) is 24.3 Å². The van der Waals surface area contributed by atoms with Crippen LogP contribution in [0.5, 0.6) is 6.01 Å². The van der Waals surface area contributed by atoms with E-state index in [2.05, 4.69) is 20.4 Å². The molecular formula is C19H20N4O3. The van der Waals surface area contributed by atoms with Crippen LogP contribution in [0.1, 0.15) is 31.4 Å². The van der Waals surface area contributed by atoms with Crippen molar-refractivity contribution in [3.63, 3.8) is 0 Å². The number of rotatable bonds is 5. The lowest BCUT2D eigenvalue weighted by molar-refractivity contribution is -0.121. The van der Waals surface area contributed by atoms with Gasteiger partial charge in [0.2, 0.25) is 5.91 Å². The van der Waals surface area contributed by atoms with Crippen molar-refractivity contribution in [3.05, 3.63) is 48.4 Å². The standard InChI is InChI=1S/C19H20N4O3/c24-18(12-16-15-4-1-2-5-17(15)26-23-16)22-13-6-8-14(9-7-13)25-19-20-10-3-11-21-19/h1-5,10-11,13-14H,6-9,12H2,(H,22,24). The van der Waals surface area contributed by atoms with Crippen LogP contribution in [0.2, 0.25) is 0 Å². The molecule has 0 radical (unpaired) electrons. The first-order valence-electron chi connectivity index (χ1n) is 8.84. The molecule has 0 bridgehead atoms. The SMILES string of the molecule is O=C(Cc1noc2ccccc12)NC1CCC(Oc2ncccn2)CC1. The molecule has 1 aromatic carbocycles. The predicted octanol–water partition coefficient (Wildman–Crippen LogP) is 2.67. The number of carbonyl (C=O) groups excluding carboxylic acids is 1. The van der Waals surface area contributed by atoms with Crippen LogP contribution in [-0.2, 0) is 11.2 Å². The van der Waals surface area contributed by atoms with Crippen molar-refractivity contribution >= 4 is 16.9 Å². The topological polar surface area (TPSA) is 90.1 Å². The number of aromatic nitrogens is 3. The van der Waals surface area contributed by atoms with Crippen molar-refractivity contribution in [1.29, 1.82) is 0 Å². The van der Waals surface area contributed by atoms with E-state index in [0.29, 0.717) is 17.3 Å². The zero-order chi connectivity index (χ0) is 17.8. The number of ether oxygens (including phenoxy) is 1. The molecule has 26 heavy (non-hydrogen) atoms. The van der Waals surface area contributed by atoms with Crippen molar-refractivity contribution in [1.82, 2.24) is 20.4 Å². The van der Waals surface area contributed by atoms with Crippen LogP contribution in [-0.4, -0.2) is 33.2 Å². The predicted molar refractivity (Wildman–Crippen MR) is 94.6 cm³/mol. The lowest BCUT2D eigenvalue weighted by Crippen LogP contribution is -2.40. The fourth-order valence-electron chi connectivity index (χ4n) is 3.32. The van der Waals surface area contributed by atoms with Gasteiger partial charge in [0.15, 0.2) is 5.58 Å². The summed E-state index contributed by atoms with van der Waals surface area (Å²) in [5.74, 6) is -0.0279. The third-order valence-corrected chi connectivity index (χ3v) is 4.63. The van der Waals surface area contributed by atoms with Crippen LogP contribution in [0.4, 0.5) is 0 Å². The molecular weight excluding hydrogens is 332 g/mol. The number of fused-ring (bicyclic) bond motifs is 1. The average molecular weight is 352 g/mol. The van der Waals surface area contributed by atoms with Gasteiger partial charge < -0.3 is 14.6 Å². The molecule has 3 aromatic rings. The van der Waals surface area contributed by atoms with Gasteiger partial charge in [-0.1, -0.05) is 17.3 Å². The highest BCUT2D eigenvalue weighted by atomic mass is 16.5. The van der Waals surface area contributed by atoms with Crippen LogP contribution in [0, 0.1) is 0 Å². The lowest BCUT2D eigenvalue weighted by atomic mass is 9.93. The van der Waals surface area contributed by atoms with E-state index >= 15 is 0 Å². The molecule has 7 nitrogen and oxygen atoms in total. The summed E-state index contributed by atoms with van der Waals surface area (Å²) in [6, 6.07) is 9.91. The lowest BCUT2D eigenvalue weighted by Gasteiger charge is -2.28. The number of nitrogens with zero attached hydrogens (tertiary/aromatic N) is 3. The van der Waals surface area contributed by atoms with Gasteiger partial charge in [-0.3, -0.25) is 4.79 Å². The quantitative estimate of drug-likeness (QED) is 0.759. The molecule has 1 saturated carbocycles. The Balaban J connectivity index is 1.27. The molecule has 134 valence electrons. The first-order valence-corrected chi connectivity index (χ1v) is 8.84. The fraction of sp³-hybridized carbons (Fsp3) is 0.368. The summed E-state index contributed by atoms with van der Waals surface area (Å²) in [6.45, 7) is 0. The van der Waals surface area contributed by atoms with Gasteiger partial charge in [-0.05, 0) is 43.9 Å². The highest BCUT2D eigenvalue weighted by molar-refractivity contribution is 5.86. The number of hydrogen-bond donors (Lipinski definition) is 1. The van der Waals surface area contributed by atoms with Crippen molar-refractivity contribution in [2.45, 2.75) is 44.2 Å². The minimum atomic E-state index is -0.0279. The molecule has 1 amide bonds. The van der Waals surface area contributed by atoms with Crippen LogP contribution < -0.4 is 10.1 Å². The Kier molecular flexibility index (Phi) is 4.77. The molecule has 0 saturated heterocycles. The minimum Gasteiger partial charge on any atom is -0.460 e. The normalized spacial score (nSPS) is 20.0. The first kappa shape index (κ1) is 16.5. The van der Waals surface area contributed by atoms with Gasteiger partial charge in [-0.25, -0.2) is 9.97 Å². The Morgan fingerprint density at radius 1 is 1.12 bits per heavy atom. The maximum absolute atomic E-state index is 12.4. The second-order valence-electron chi connectivity index (χ2n) is 6.49. The van der Waals surface area contributed by atoms with E-state index in [9.17, 15) is 4.79 Å². The Morgan fingerprint density at radius 3 is 2.69 bits per heavy atom. The summed E-state index contributed by atoms with van der Waals surface area (Å²) in [5, 5.41) is 8.01. The van der Waals surface area contributed by atoms with Crippen LogP contribution in [0.15, 0.2) is 47.2 Å². The molecule has 1 aliphatic rings. The van der Waals surface area contributed by atoms with Crippen molar-refractivity contribution in [3.8, 4) is 6.01 Å². The van der Waals surface area contributed by atoms with Gasteiger partial charge >= 0.3 is 6.01 Å². The molecule has 1 aliphatic carbocycles. The number of benzene rings is 1. The molecule has 1 fully saturated rings. The zero-order valence-corrected chi connectivity index (χ0v) is 14.3. The van der Waals surface area contributed by atoms with Crippen LogP contribution >= 0.6 is 0 Å². The molecule has 0 unspecified atom stereocenters. The number of para-hydroxylation sites is 1. The molecule has 2 aromatic heterocycles. The molecule has 1 N–H and O–H groups in total. The highest BCUT2D eigenvalue weighted by Crippen LogP contribution is 2.22. The van der Waals surface area contributed by atoms with E-state index < -0.39 is 0 Å². The van der Waals surface area contributed by atoms with Gasteiger partial charge in [0.1, 0.15) is 11.8 Å². The zero-order valence-electron chi connectivity index (χ0n) is 14.3. The van der Waals surface area contributed by atoms with Crippen molar-refractivity contribution in [2.75, 3.05) is 0 Å². The summed E-state index contributed by atoms with van der Waals surface area (Å²) in [5.41, 5.74) is 1.38. The molecule has 4 rings (SSSR count). The summed E-state index contributed by atoms with van der Waals surface area (Å²) in [4.78, 5) is 20.5. The van der Waals surface area contributed by atoms with Crippen LogP contribution in [0.3, 0.4) is 0 Å². The molecule has 7 heteroatoms. The van der Waals surface area contributed by atoms with Gasteiger partial charge in [-0.2, -0.15) is 0 Å². The van der Waals surface area contributed by atoms with Gasteiger partial charge in [0.25, 0.3) is 0 Å². The number of carbonyl (C=O) groups is 1. The smallest absolute Gasteiger partial charge is 0.316 e. The highest BCUT2D eigenvalue weighted by Gasteiger charge is 2.24. The van der Waals surface area contributed by atoms with E-state index in [4.69, 9.17) is 9.26 Å². The maximum atomic E-state index is 12.4. The van der Waals surface area contributed by atoms with Gasteiger partial charge in [0.05, 0.1) is 6.42 Å². The summed E-state index contributed by atoms with van der Waals surface area (Å²) in [7, 11) is 0. The number of amides is 1. The molecule has 0 spiro atoms. The monoisotopic (exact) mass is 352 g/mol. The average Bonchev–Trinajstić information content (AvgIpc) is 3.07. The van der Waals surface area contributed by atoms with Gasteiger partial charge in [-0.15, -0.1) is 0 Å². The second-order valence-corrected chi connectivity index (χ2v) is 6.49. The Morgan fingerprint density at radius 2 is 1.88 bits per heavy atom. The molecule has 0 atom stereocenters. The fourth-order valence-corrected chi connectivity index (χ4v) is 3.32. The number of nitrogens with one attached hydrogen (secondary N) is 1. The summed E-state index contributed by atoms with van der Waals surface area (Å²) < 4.78 is 11.0. The number of hydrogen-bond acceptors (Lipinski definition) is 6. The third-order valence-electron chi connectivity index (χ3n) is 4.63. The maximum Gasteiger partial charge on any atom is 0.316 e. The van der Waals surface area contributed by atoms with E-state index in [1.165, 1.54) is 0 Å². The van der Waals surface area contributed by atoms with E-state index in [1.54, 1.807) is 18.5 Å². The Hall–Kier alpha value is -2.96. The second kappa shape index (κ2) is 7.51. The molecule has 0 aliphatic heterocycles. The Labute approximate surface area is 150 Å². The van der Waals surface area contributed by atoms with Crippen LogP contribution in [0.25, 0.3) is 11.0 Å². The summed E-state index contributed by atoms with van der Waals surface area (Å²) >= 11 is 0. The van der Waals surface area contributed by atoms with Crippen molar-refractivity contribution in [2.24, 2.45) is 0 Å². The van der Waals surface area contributed by atoms with E-state index in [0.717, 1.165) is 31.1 Å². The Bertz CT molecular complexity index is 873. The molecule has 2 heterocycles. The van der Waals surface area contributed by atoms with E-state index in [-0.39, 0.29) is 24.5 Å². The van der Waals surface area contributed by atoms with Crippen molar-refractivity contribution < 1.29 is 14.1 Å². The van der Waals surface area contributed by atoms with Gasteiger partial charge in [0, 0.05) is 23.8 Å². The minimum absolute atomic E-state index is 0.0279. The summed E-state index contributed by atoms with van der Waals surface area (Å²) in [6.07, 6.45) is 7.16. The third kappa shape index (κ3) is 3.82. The first-order chi connectivity index (χ1) is 12.8.